The molecule has 1 aromatic carbocycles. The van der Waals surface area contributed by atoms with Crippen LogP contribution in [-0.4, -0.2) is 33.8 Å². The Morgan fingerprint density at radius 3 is 2.77 bits per heavy atom. The average molecular weight is 349 g/mol. The van der Waals surface area contributed by atoms with Crippen LogP contribution in [-0.2, 0) is 0 Å². The molecule has 0 saturated carbocycles. The zero-order chi connectivity index (χ0) is 18.1. The van der Waals surface area contributed by atoms with Gasteiger partial charge in [0.05, 0.1) is 13.2 Å². The first-order chi connectivity index (χ1) is 12.7. The fraction of sp³-hybridized carbons (Fsp3) is 0.250. The van der Waals surface area contributed by atoms with Gasteiger partial charge in [0.15, 0.2) is 0 Å². The second-order valence-corrected chi connectivity index (χ2v) is 6.34. The summed E-state index contributed by atoms with van der Waals surface area (Å²) in [6.07, 6.45) is 4.81. The van der Waals surface area contributed by atoms with Gasteiger partial charge < -0.3 is 9.64 Å². The molecule has 3 aromatic rings. The van der Waals surface area contributed by atoms with Crippen LogP contribution in [0.1, 0.15) is 34.8 Å². The maximum absolute atomic E-state index is 13.1. The Labute approximate surface area is 150 Å². The molecule has 132 valence electrons. The van der Waals surface area contributed by atoms with E-state index < -0.39 is 0 Å². The molecule has 1 atom stereocenters. The lowest BCUT2D eigenvalue weighted by Crippen LogP contribution is -2.35. The average Bonchev–Trinajstić information content (AvgIpc) is 3.18. The Morgan fingerprint density at radius 1 is 1.19 bits per heavy atom. The normalized spacial score (nSPS) is 16.8. The molecule has 2 aromatic heterocycles. The molecule has 3 heterocycles. The van der Waals surface area contributed by atoms with Gasteiger partial charge in [-0.2, -0.15) is 0 Å². The Balaban J connectivity index is 1.68. The molecule has 1 fully saturated rings. The lowest BCUT2D eigenvalue weighted by atomic mass is 10.0. The molecule has 1 aliphatic rings. The fourth-order valence-corrected chi connectivity index (χ4v) is 3.51. The number of rotatable bonds is 3. The molecule has 1 unspecified atom stereocenters. The number of carbonyl (C=O) groups excluding carboxylic acids is 1. The van der Waals surface area contributed by atoms with Crippen molar-refractivity contribution in [3.8, 4) is 5.75 Å². The first-order valence-corrected chi connectivity index (χ1v) is 8.60. The monoisotopic (exact) mass is 349 g/mol. The number of ether oxygens (including phenoxy) is 1. The van der Waals surface area contributed by atoms with E-state index in [2.05, 4.69) is 4.98 Å². The van der Waals surface area contributed by atoms with Crippen LogP contribution in [0.3, 0.4) is 0 Å². The number of nitrogens with zero attached hydrogens (tertiary/aromatic N) is 3. The van der Waals surface area contributed by atoms with Gasteiger partial charge in [-0.05, 0) is 42.7 Å². The third kappa shape index (κ3) is 2.73. The molecule has 26 heavy (non-hydrogen) atoms. The molecule has 6 heteroatoms. The fourth-order valence-electron chi connectivity index (χ4n) is 3.51. The van der Waals surface area contributed by atoms with Gasteiger partial charge in [0, 0.05) is 18.9 Å². The van der Waals surface area contributed by atoms with Crippen LogP contribution in [0.2, 0.25) is 0 Å². The highest BCUT2D eigenvalue weighted by molar-refractivity contribution is 5.94. The number of aromatic nitrogens is 2. The topological polar surface area (TPSA) is 63.9 Å². The van der Waals surface area contributed by atoms with E-state index in [1.807, 2.05) is 30.3 Å². The highest BCUT2D eigenvalue weighted by atomic mass is 16.5. The SMILES string of the molecule is COc1ccc(C2CCCN2C(=O)c2cnc3ccccn3c2=O)cc1. The van der Waals surface area contributed by atoms with Crippen molar-refractivity contribution in [2.75, 3.05) is 13.7 Å². The molecule has 0 spiro atoms. The largest absolute Gasteiger partial charge is 0.497 e. The van der Waals surface area contributed by atoms with Crippen molar-refractivity contribution in [1.82, 2.24) is 14.3 Å². The molecule has 0 bridgehead atoms. The summed E-state index contributed by atoms with van der Waals surface area (Å²) in [5, 5.41) is 0. The first kappa shape index (κ1) is 16.3. The predicted octanol–water partition coefficient (Wildman–Crippen LogP) is 2.68. The summed E-state index contributed by atoms with van der Waals surface area (Å²) in [4.78, 5) is 31.8. The number of hydrogen-bond donors (Lipinski definition) is 0. The molecular weight excluding hydrogens is 330 g/mol. The second-order valence-electron chi connectivity index (χ2n) is 6.34. The smallest absolute Gasteiger partial charge is 0.270 e. The van der Waals surface area contributed by atoms with E-state index in [0.29, 0.717) is 12.2 Å². The van der Waals surface area contributed by atoms with Gasteiger partial charge in [-0.25, -0.2) is 4.98 Å². The highest BCUT2D eigenvalue weighted by Gasteiger charge is 2.32. The van der Waals surface area contributed by atoms with Crippen molar-refractivity contribution in [2.24, 2.45) is 0 Å². The number of pyridine rings is 1. The van der Waals surface area contributed by atoms with Crippen molar-refractivity contribution in [1.29, 1.82) is 0 Å². The summed E-state index contributed by atoms with van der Waals surface area (Å²) in [6, 6.07) is 13.0. The minimum Gasteiger partial charge on any atom is -0.497 e. The van der Waals surface area contributed by atoms with Gasteiger partial charge in [0.1, 0.15) is 17.0 Å². The van der Waals surface area contributed by atoms with Gasteiger partial charge in [-0.1, -0.05) is 18.2 Å². The third-order valence-corrected chi connectivity index (χ3v) is 4.86. The first-order valence-electron chi connectivity index (χ1n) is 8.60. The number of carbonyl (C=O) groups is 1. The predicted molar refractivity (Wildman–Crippen MR) is 97.5 cm³/mol. The minimum atomic E-state index is -0.332. The minimum absolute atomic E-state index is 0.0377. The standard InChI is InChI=1S/C20H19N3O3/c1-26-15-9-7-14(8-10-15)17-5-4-12-22(17)19(24)16-13-21-18-6-2-3-11-23(18)20(16)25/h2-3,6-11,13,17H,4-5,12H2,1H3. The Kier molecular flexibility index (Phi) is 4.16. The van der Waals surface area contributed by atoms with Crippen LogP contribution < -0.4 is 10.3 Å². The van der Waals surface area contributed by atoms with Crippen molar-refractivity contribution >= 4 is 11.6 Å². The van der Waals surface area contributed by atoms with Crippen molar-refractivity contribution in [2.45, 2.75) is 18.9 Å². The van der Waals surface area contributed by atoms with Gasteiger partial charge in [-0.3, -0.25) is 14.0 Å². The van der Waals surface area contributed by atoms with Crippen molar-refractivity contribution < 1.29 is 9.53 Å². The van der Waals surface area contributed by atoms with E-state index >= 15 is 0 Å². The molecule has 4 rings (SSSR count). The van der Waals surface area contributed by atoms with Crippen molar-refractivity contribution in [3.05, 3.63) is 76.3 Å². The Bertz CT molecular complexity index is 1010. The number of amides is 1. The third-order valence-electron chi connectivity index (χ3n) is 4.86. The maximum atomic E-state index is 13.1. The number of methoxy groups -OCH3 is 1. The molecule has 0 N–H and O–H groups in total. The van der Waals surface area contributed by atoms with Crippen LogP contribution in [0.5, 0.6) is 5.75 Å². The Hall–Kier alpha value is -3.15. The van der Waals surface area contributed by atoms with Gasteiger partial charge in [0.25, 0.3) is 11.5 Å². The van der Waals surface area contributed by atoms with Crippen LogP contribution in [0, 0.1) is 0 Å². The summed E-state index contributed by atoms with van der Waals surface area (Å²) < 4.78 is 6.61. The highest BCUT2D eigenvalue weighted by Crippen LogP contribution is 2.33. The maximum Gasteiger partial charge on any atom is 0.270 e. The van der Waals surface area contributed by atoms with Crippen LogP contribution in [0.15, 0.2) is 59.7 Å². The van der Waals surface area contributed by atoms with Crippen LogP contribution in [0.25, 0.3) is 5.65 Å². The Morgan fingerprint density at radius 2 is 2.00 bits per heavy atom. The second kappa shape index (κ2) is 6.63. The molecule has 1 aliphatic heterocycles. The van der Waals surface area contributed by atoms with E-state index in [4.69, 9.17) is 4.74 Å². The number of fused-ring (bicyclic) bond motifs is 1. The molecule has 0 radical (unpaired) electrons. The van der Waals surface area contributed by atoms with Gasteiger partial charge in [-0.15, -0.1) is 0 Å². The molecule has 0 aliphatic carbocycles. The lowest BCUT2D eigenvalue weighted by molar-refractivity contribution is 0.0733. The van der Waals surface area contributed by atoms with Crippen LogP contribution in [0.4, 0.5) is 0 Å². The zero-order valence-electron chi connectivity index (χ0n) is 14.5. The quantitative estimate of drug-likeness (QED) is 0.729. The van der Waals surface area contributed by atoms with Gasteiger partial charge >= 0.3 is 0 Å². The number of likely N-dealkylation sites (tertiary alicyclic amines) is 1. The molecule has 1 saturated heterocycles. The van der Waals surface area contributed by atoms with E-state index in [0.717, 1.165) is 24.2 Å². The van der Waals surface area contributed by atoms with E-state index in [9.17, 15) is 9.59 Å². The van der Waals surface area contributed by atoms with Crippen LogP contribution >= 0.6 is 0 Å². The van der Waals surface area contributed by atoms with Crippen molar-refractivity contribution in [3.63, 3.8) is 0 Å². The van der Waals surface area contributed by atoms with E-state index in [1.165, 1.54) is 10.6 Å². The lowest BCUT2D eigenvalue weighted by Gasteiger charge is -2.25. The molecular formula is C20H19N3O3. The van der Waals surface area contributed by atoms with E-state index in [1.54, 1.807) is 30.3 Å². The van der Waals surface area contributed by atoms with Gasteiger partial charge in [0.2, 0.25) is 0 Å². The summed E-state index contributed by atoms with van der Waals surface area (Å²) in [7, 11) is 1.63. The zero-order valence-corrected chi connectivity index (χ0v) is 14.5. The molecule has 6 nitrogen and oxygen atoms in total. The summed E-state index contributed by atoms with van der Waals surface area (Å²) in [6.45, 7) is 0.631. The number of hydrogen-bond acceptors (Lipinski definition) is 4. The molecule has 1 amide bonds. The van der Waals surface area contributed by atoms with E-state index in [-0.39, 0.29) is 23.1 Å². The number of benzene rings is 1. The summed E-state index contributed by atoms with van der Waals surface area (Å²) in [5.74, 6) is 0.515. The summed E-state index contributed by atoms with van der Waals surface area (Å²) >= 11 is 0. The summed E-state index contributed by atoms with van der Waals surface area (Å²) in [5.41, 5.74) is 1.35.